The van der Waals surface area contributed by atoms with Gasteiger partial charge in [-0.15, -0.1) is 0 Å². The SMILES string of the molecule is CCC(c1cccnc1)c1cccc(Cl)c1.N. The van der Waals surface area contributed by atoms with E-state index in [0.717, 1.165) is 11.4 Å². The van der Waals surface area contributed by atoms with E-state index in [1.807, 2.05) is 30.5 Å². The highest BCUT2D eigenvalue weighted by Crippen LogP contribution is 2.28. The lowest BCUT2D eigenvalue weighted by molar-refractivity contribution is 0.773. The van der Waals surface area contributed by atoms with Crippen LogP contribution in [0, 0.1) is 0 Å². The van der Waals surface area contributed by atoms with Crippen LogP contribution >= 0.6 is 11.6 Å². The lowest BCUT2D eigenvalue weighted by atomic mass is 9.90. The van der Waals surface area contributed by atoms with Gasteiger partial charge in [0, 0.05) is 23.3 Å². The summed E-state index contributed by atoms with van der Waals surface area (Å²) in [6.07, 6.45) is 4.77. The maximum atomic E-state index is 6.02. The standard InChI is InChI=1S/C14H14ClN.H3N/c1-2-14(12-6-4-8-16-10-12)11-5-3-7-13(15)9-11;/h3-10,14H,2H2,1H3;1H3. The van der Waals surface area contributed by atoms with E-state index < -0.39 is 0 Å². The molecule has 3 N–H and O–H groups in total. The van der Waals surface area contributed by atoms with Gasteiger partial charge in [0.1, 0.15) is 0 Å². The fraction of sp³-hybridized carbons (Fsp3) is 0.214. The summed E-state index contributed by atoms with van der Waals surface area (Å²) in [4.78, 5) is 4.17. The number of nitrogens with zero attached hydrogens (tertiary/aromatic N) is 1. The molecule has 0 saturated carbocycles. The molecule has 0 aliphatic rings. The molecule has 2 rings (SSSR count). The second kappa shape index (κ2) is 6.38. The Morgan fingerprint density at radius 1 is 1.18 bits per heavy atom. The summed E-state index contributed by atoms with van der Waals surface area (Å²) in [5, 5.41) is 0.792. The maximum absolute atomic E-state index is 6.02. The molecular weight excluding hydrogens is 232 g/mol. The van der Waals surface area contributed by atoms with Crippen molar-refractivity contribution in [3.05, 3.63) is 64.9 Å². The van der Waals surface area contributed by atoms with Gasteiger partial charge in [-0.1, -0.05) is 36.7 Å². The van der Waals surface area contributed by atoms with Crippen LogP contribution in [0.15, 0.2) is 48.8 Å². The van der Waals surface area contributed by atoms with Crippen molar-refractivity contribution in [2.75, 3.05) is 0 Å². The van der Waals surface area contributed by atoms with E-state index >= 15 is 0 Å². The molecule has 1 aromatic heterocycles. The fourth-order valence-corrected chi connectivity index (χ4v) is 2.17. The molecular formula is C14H17ClN2. The van der Waals surface area contributed by atoms with Crippen molar-refractivity contribution in [3.8, 4) is 0 Å². The minimum atomic E-state index is 0. The van der Waals surface area contributed by atoms with Crippen molar-refractivity contribution in [2.24, 2.45) is 0 Å². The summed E-state index contributed by atoms with van der Waals surface area (Å²) in [7, 11) is 0. The van der Waals surface area contributed by atoms with Gasteiger partial charge in [-0.05, 0) is 35.7 Å². The number of hydrogen-bond acceptors (Lipinski definition) is 2. The first-order valence-corrected chi connectivity index (χ1v) is 5.84. The molecule has 1 unspecified atom stereocenters. The van der Waals surface area contributed by atoms with E-state index in [1.165, 1.54) is 11.1 Å². The van der Waals surface area contributed by atoms with Crippen LogP contribution < -0.4 is 6.15 Å². The van der Waals surface area contributed by atoms with Crippen molar-refractivity contribution in [1.29, 1.82) is 0 Å². The third-order valence-electron chi connectivity index (χ3n) is 2.75. The number of rotatable bonds is 3. The summed E-state index contributed by atoms with van der Waals surface area (Å²) in [6, 6.07) is 12.1. The van der Waals surface area contributed by atoms with Crippen LogP contribution in [0.5, 0.6) is 0 Å². The van der Waals surface area contributed by atoms with Gasteiger partial charge >= 0.3 is 0 Å². The number of benzene rings is 1. The highest BCUT2D eigenvalue weighted by Gasteiger charge is 2.11. The first-order valence-electron chi connectivity index (χ1n) is 5.46. The van der Waals surface area contributed by atoms with Crippen molar-refractivity contribution in [2.45, 2.75) is 19.3 Å². The van der Waals surface area contributed by atoms with Crippen LogP contribution in [0.25, 0.3) is 0 Å². The van der Waals surface area contributed by atoms with E-state index in [2.05, 4.69) is 24.0 Å². The summed E-state index contributed by atoms with van der Waals surface area (Å²) < 4.78 is 0. The van der Waals surface area contributed by atoms with Crippen molar-refractivity contribution >= 4 is 11.6 Å². The number of halogens is 1. The van der Waals surface area contributed by atoms with E-state index in [9.17, 15) is 0 Å². The Morgan fingerprint density at radius 2 is 1.94 bits per heavy atom. The van der Waals surface area contributed by atoms with Gasteiger partial charge in [-0.3, -0.25) is 4.98 Å². The topological polar surface area (TPSA) is 47.9 Å². The summed E-state index contributed by atoms with van der Waals surface area (Å²) >= 11 is 6.02. The molecule has 0 amide bonds. The molecule has 1 heterocycles. The molecule has 0 bridgehead atoms. The zero-order valence-corrected chi connectivity index (χ0v) is 10.7. The van der Waals surface area contributed by atoms with Gasteiger partial charge in [0.15, 0.2) is 0 Å². The van der Waals surface area contributed by atoms with Crippen LogP contribution in [-0.2, 0) is 0 Å². The molecule has 0 fully saturated rings. The Kier molecular flexibility index (Phi) is 5.13. The van der Waals surface area contributed by atoms with Crippen LogP contribution in [0.1, 0.15) is 30.4 Å². The van der Waals surface area contributed by atoms with Gasteiger partial charge < -0.3 is 6.15 Å². The van der Waals surface area contributed by atoms with Gasteiger partial charge in [-0.2, -0.15) is 0 Å². The minimum absolute atomic E-state index is 0. The normalized spacial score (nSPS) is 11.6. The lowest BCUT2D eigenvalue weighted by Crippen LogP contribution is -1.99. The van der Waals surface area contributed by atoms with Gasteiger partial charge in [0.25, 0.3) is 0 Å². The number of aromatic nitrogens is 1. The zero-order valence-electron chi connectivity index (χ0n) is 9.94. The van der Waals surface area contributed by atoms with Crippen LogP contribution in [0.4, 0.5) is 0 Å². The van der Waals surface area contributed by atoms with E-state index in [0.29, 0.717) is 5.92 Å². The van der Waals surface area contributed by atoms with Crippen LogP contribution in [-0.4, -0.2) is 4.98 Å². The maximum Gasteiger partial charge on any atom is 0.0408 e. The second-order valence-electron chi connectivity index (χ2n) is 3.80. The lowest BCUT2D eigenvalue weighted by Gasteiger charge is -2.15. The smallest absolute Gasteiger partial charge is 0.0408 e. The van der Waals surface area contributed by atoms with Crippen molar-refractivity contribution in [3.63, 3.8) is 0 Å². The molecule has 0 spiro atoms. The summed E-state index contributed by atoms with van der Waals surface area (Å²) in [5.41, 5.74) is 2.50. The Morgan fingerprint density at radius 3 is 2.53 bits per heavy atom. The molecule has 17 heavy (non-hydrogen) atoms. The monoisotopic (exact) mass is 248 g/mol. The van der Waals surface area contributed by atoms with E-state index in [4.69, 9.17) is 11.6 Å². The van der Waals surface area contributed by atoms with Gasteiger partial charge in [-0.25, -0.2) is 0 Å². The molecule has 90 valence electrons. The van der Waals surface area contributed by atoms with Crippen molar-refractivity contribution in [1.82, 2.24) is 11.1 Å². The average molecular weight is 249 g/mol. The third-order valence-corrected chi connectivity index (χ3v) is 2.98. The molecule has 0 radical (unpaired) electrons. The molecule has 3 heteroatoms. The number of hydrogen-bond donors (Lipinski definition) is 1. The highest BCUT2D eigenvalue weighted by atomic mass is 35.5. The van der Waals surface area contributed by atoms with Crippen LogP contribution in [0.2, 0.25) is 5.02 Å². The Labute approximate surface area is 107 Å². The molecule has 0 aliphatic heterocycles. The first-order chi connectivity index (χ1) is 7.81. The molecule has 2 nitrogen and oxygen atoms in total. The van der Waals surface area contributed by atoms with Crippen LogP contribution in [0.3, 0.4) is 0 Å². The van der Waals surface area contributed by atoms with Crippen molar-refractivity contribution < 1.29 is 0 Å². The molecule has 2 aromatic rings. The largest absolute Gasteiger partial charge is 0.344 e. The van der Waals surface area contributed by atoms with E-state index in [1.54, 1.807) is 6.20 Å². The second-order valence-corrected chi connectivity index (χ2v) is 4.24. The predicted molar refractivity (Wildman–Crippen MR) is 72.8 cm³/mol. The fourth-order valence-electron chi connectivity index (χ4n) is 1.97. The number of pyridine rings is 1. The average Bonchev–Trinajstić information content (AvgIpc) is 2.31. The third kappa shape index (κ3) is 3.29. The Hall–Kier alpha value is -1.38. The Bertz CT molecular complexity index is 457. The summed E-state index contributed by atoms with van der Waals surface area (Å²) in [6.45, 7) is 2.18. The molecule has 1 aromatic carbocycles. The van der Waals surface area contributed by atoms with Gasteiger partial charge in [0.05, 0.1) is 0 Å². The van der Waals surface area contributed by atoms with E-state index in [-0.39, 0.29) is 6.15 Å². The quantitative estimate of drug-likeness (QED) is 0.873. The zero-order chi connectivity index (χ0) is 11.4. The molecule has 0 saturated heterocycles. The molecule has 1 atom stereocenters. The molecule has 0 aliphatic carbocycles. The minimum Gasteiger partial charge on any atom is -0.344 e. The summed E-state index contributed by atoms with van der Waals surface area (Å²) in [5.74, 6) is 0.382. The highest BCUT2D eigenvalue weighted by molar-refractivity contribution is 6.30. The first kappa shape index (κ1) is 13.7. The Balaban J connectivity index is 0.00000144. The predicted octanol–water partition coefficient (Wildman–Crippen LogP) is 4.44. The van der Waals surface area contributed by atoms with Gasteiger partial charge in [0.2, 0.25) is 0 Å².